The van der Waals surface area contributed by atoms with Crippen molar-refractivity contribution < 1.29 is 9.18 Å². The van der Waals surface area contributed by atoms with Crippen molar-refractivity contribution in [2.24, 2.45) is 0 Å². The molecule has 1 heterocycles. The Balaban J connectivity index is 2.28. The zero-order chi connectivity index (χ0) is 10.6. The van der Waals surface area contributed by atoms with E-state index < -0.39 is 0 Å². The molecule has 1 aliphatic heterocycles. The van der Waals surface area contributed by atoms with Crippen LogP contribution in [0.3, 0.4) is 0 Å². The number of hydrogen-bond acceptors (Lipinski definition) is 1. The lowest BCUT2D eigenvalue weighted by Crippen LogP contribution is -2.40. The fourth-order valence-corrected chi connectivity index (χ4v) is 2.42. The van der Waals surface area contributed by atoms with E-state index in [2.05, 4.69) is 5.32 Å². The quantitative estimate of drug-likeness (QED) is 0.688. The largest absolute Gasteiger partial charge is 0.351 e. The third-order valence-corrected chi connectivity index (χ3v) is 3.47. The van der Waals surface area contributed by atoms with Crippen molar-refractivity contribution in [3.8, 4) is 0 Å². The van der Waals surface area contributed by atoms with Gasteiger partial charge in [0.1, 0.15) is 5.82 Å². The highest BCUT2D eigenvalue weighted by Crippen LogP contribution is 2.50. The SMILES string of the molecule is Cc1cc(F)c2c(c1)C1(CC1)CNC2=O. The average molecular weight is 205 g/mol. The summed E-state index contributed by atoms with van der Waals surface area (Å²) in [6.07, 6.45) is 2.12. The van der Waals surface area contributed by atoms with Crippen molar-refractivity contribution in [2.45, 2.75) is 25.2 Å². The standard InChI is InChI=1S/C12H12FNO/c1-7-4-8-10(9(13)5-7)11(15)14-6-12(8)2-3-12/h4-5H,2-3,6H2,1H3,(H,14,15). The van der Waals surface area contributed by atoms with E-state index in [-0.39, 0.29) is 22.7 Å². The van der Waals surface area contributed by atoms with Gasteiger partial charge in [0.25, 0.3) is 5.91 Å². The molecule has 2 nitrogen and oxygen atoms in total. The summed E-state index contributed by atoms with van der Waals surface area (Å²) in [4.78, 5) is 11.6. The predicted molar refractivity (Wildman–Crippen MR) is 54.4 cm³/mol. The minimum atomic E-state index is -0.381. The van der Waals surface area contributed by atoms with Crippen molar-refractivity contribution in [1.82, 2.24) is 5.32 Å². The number of aryl methyl sites for hydroxylation is 1. The molecule has 1 N–H and O–H groups in total. The Kier molecular flexibility index (Phi) is 1.54. The number of carbonyl (C=O) groups excluding carboxylic acids is 1. The molecule has 1 aliphatic carbocycles. The number of benzene rings is 1. The van der Waals surface area contributed by atoms with Crippen LogP contribution in [-0.4, -0.2) is 12.5 Å². The third kappa shape index (κ3) is 1.12. The highest BCUT2D eigenvalue weighted by atomic mass is 19.1. The summed E-state index contributed by atoms with van der Waals surface area (Å²) in [6.45, 7) is 2.54. The maximum absolute atomic E-state index is 13.7. The Hall–Kier alpha value is -1.38. The van der Waals surface area contributed by atoms with E-state index in [1.54, 1.807) is 0 Å². The lowest BCUT2D eigenvalue weighted by molar-refractivity contribution is 0.0933. The first-order chi connectivity index (χ1) is 7.12. The molecule has 1 aromatic rings. The number of halogens is 1. The van der Waals surface area contributed by atoms with E-state index in [1.165, 1.54) is 6.07 Å². The third-order valence-electron chi connectivity index (χ3n) is 3.47. The van der Waals surface area contributed by atoms with E-state index >= 15 is 0 Å². The van der Waals surface area contributed by atoms with Gasteiger partial charge in [-0.3, -0.25) is 4.79 Å². The summed E-state index contributed by atoms with van der Waals surface area (Å²) >= 11 is 0. The van der Waals surface area contributed by atoms with Crippen LogP contribution < -0.4 is 5.32 Å². The lowest BCUT2D eigenvalue weighted by Gasteiger charge is -2.26. The molecule has 1 saturated carbocycles. The molecule has 0 bridgehead atoms. The van der Waals surface area contributed by atoms with E-state index in [4.69, 9.17) is 0 Å². The summed E-state index contributed by atoms with van der Waals surface area (Å²) in [5.41, 5.74) is 2.14. The van der Waals surface area contributed by atoms with Gasteiger partial charge in [0, 0.05) is 12.0 Å². The molecule has 1 spiro atoms. The second-order valence-corrected chi connectivity index (χ2v) is 4.63. The molecule has 0 unspecified atom stereocenters. The molecule has 1 fully saturated rings. The summed E-state index contributed by atoms with van der Waals surface area (Å²) in [7, 11) is 0. The number of rotatable bonds is 0. The van der Waals surface area contributed by atoms with Crippen LogP contribution >= 0.6 is 0 Å². The highest BCUT2D eigenvalue weighted by Gasteiger charge is 2.49. The van der Waals surface area contributed by atoms with Gasteiger partial charge in [-0.2, -0.15) is 0 Å². The van der Waals surface area contributed by atoms with Crippen LogP contribution in [0.15, 0.2) is 12.1 Å². The number of nitrogens with one attached hydrogen (secondary N) is 1. The van der Waals surface area contributed by atoms with Crippen LogP contribution in [0.4, 0.5) is 4.39 Å². The van der Waals surface area contributed by atoms with Gasteiger partial charge >= 0.3 is 0 Å². The van der Waals surface area contributed by atoms with Crippen LogP contribution in [0.1, 0.15) is 34.3 Å². The van der Waals surface area contributed by atoms with Crippen LogP contribution in [0.5, 0.6) is 0 Å². The van der Waals surface area contributed by atoms with Crippen LogP contribution in [0.2, 0.25) is 0 Å². The number of carbonyl (C=O) groups is 1. The molecule has 15 heavy (non-hydrogen) atoms. The Labute approximate surface area is 87.5 Å². The van der Waals surface area contributed by atoms with E-state index in [0.29, 0.717) is 6.54 Å². The smallest absolute Gasteiger partial charge is 0.254 e. The van der Waals surface area contributed by atoms with Crippen LogP contribution in [-0.2, 0) is 5.41 Å². The summed E-state index contributed by atoms with van der Waals surface area (Å²) in [5.74, 6) is -0.645. The molecule has 0 atom stereocenters. The molecule has 1 aromatic carbocycles. The van der Waals surface area contributed by atoms with Crippen molar-refractivity contribution >= 4 is 5.91 Å². The van der Waals surface area contributed by atoms with Gasteiger partial charge in [-0.25, -0.2) is 4.39 Å². The van der Waals surface area contributed by atoms with Crippen molar-refractivity contribution in [3.05, 3.63) is 34.6 Å². The van der Waals surface area contributed by atoms with Gasteiger partial charge in [0.05, 0.1) is 5.56 Å². The van der Waals surface area contributed by atoms with Gasteiger partial charge in [-0.1, -0.05) is 6.07 Å². The lowest BCUT2D eigenvalue weighted by atomic mass is 9.86. The minimum absolute atomic E-state index is 0.0517. The first-order valence-electron chi connectivity index (χ1n) is 5.21. The van der Waals surface area contributed by atoms with Gasteiger partial charge < -0.3 is 5.32 Å². The Morgan fingerprint density at radius 3 is 2.80 bits per heavy atom. The predicted octanol–water partition coefficient (Wildman–Crippen LogP) is 1.91. The molecule has 2 aliphatic rings. The number of hydrogen-bond donors (Lipinski definition) is 1. The molecular weight excluding hydrogens is 193 g/mol. The summed E-state index contributed by atoms with van der Waals surface area (Å²) < 4.78 is 13.7. The Morgan fingerprint density at radius 1 is 1.40 bits per heavy atom. The zero-order valence-corrected chi connectivity index (χ0v) is 8.56. The molecule has 1 amide bonds. The molecule has 3 rings (SSSR count). The normalized spacial score (nSPS) is 21.1. The Bertz CT molecular complexity index is 463. The van der Waals surface area contributed by atoms with Gasteiger partial charge in [0.2, 0.25) is 0 Å². The maximum Gasteiger partial charge on any atom is 0.254 e. The molecular formula is C12H12FNO. The van der Waals surface area contributed by atoms with E-state index in [0.717, 1.165) is 24.0 Å². The highest BCUT2D eigenvalue weighted by molar-refractivity contribution is 5.98. The van der Waals surface area contributed by atoms with Crippen LogP contribution in [0.25, 0.3) is 0 Å². The van der Waals surface area contributed by atoms with Crippen molar-refractivity contribution in [3.63, 3.8) is 0 Å². The average Bonchev–Trinajstić information content (AvgIpc) is 2.92. The molecule has 3 heteroatoms. The molecule has 0 aromatic heterocycles. The Morgan fingerprint density at radius 2 is 2.13 bits per heavy atom. The number of fused-ring (bicyclic) bond motifs is 2. The van der Waals surface area contributed by atoms with Gasteiger partial charge in [0.15, 0.2) is 0 Å². The maximum atomic E-state index is 13.7. The van der Waals surface area contributed by atoms with Crippen molar-refractivity contribution in [2.75, 3.05) is 6.54 Å². The minimum Gasteiger partial charge on any atom is -0.351 e. The van der Waals surface area contributed by atoms with Crippen molar-refractivity contribution in [1.29, 1.82) is 0 Å². The fraction of sp³-hybridized carbons (Fsp3) is 0.417. The first kappa shape index (κ1) is 8.89. The van der Waals surface area contributed by atoms with Crippen LogP contribution in [0, 0.1) is 12.7 Å². The summed E-state index contributed by atoms with van der Waals surface area (Å²) in [5, 5.41) is 2.77. The zero-order valence-electron chi connectivity index (χ0n) is 8.56. The van der Waals surface area contributed by atoms with E-state index in [9.17, 15) is 9.18 Å². The second kappa shape index (κ2) is 2.60. The molecule has 0 saturated heterocycles. The monoisotopic (exact) mass is 205 g/mol. The topological polar surface area (TPSA) is 29.1 Å². The van der Waals surface area contributed by atoms with Gasteiger partial charge in [-0.05, 0) is 37.0 Å². The molecule has 0 radical (unpaired) electrons. The van der Waals surface area contributed by atoms with Gasteiger partial charge in [-0.15, -0.1) is 0 Å². The first-order valence-corrected chi connectivity index (χ1v) is 5.21. The van der Waals surface area contributed by atoms with E-state index in [1.807, 2.05) is 13.0 Å². The fourth-order valence-electron chi connectivity index (χ4n) is 2.42. The number of amides is 1. The molecule has 78 valence electrons. The summed E-state index contributed by atoms with van der Waals surface area (Å²) in [6, 6.07) is 3.39. The second-order valence-electron chi connectivity index (χ2n) is 4.63.